The SMILES string of the molecule is CCOc1cccc(C2(C)Nc3ccccc3C(=O)N2CC)c1. The zero-order chi connectivity index (χ0) is 16.4. The lowest BCUT2D eigenvalue weighted by Gasteiger charge is -2.46. The van der Waals surface area contributed by atoms with Gasteiger partial charge in [-0.1, -0.05) is 24.3 Å². The van der Waals surface area contributed by atoms with Crippen molar-refractivity contribution >= 4 is 11.6 Å². The second-order valence-electron chi connectivity index (χ2n) is 5.75. The molecule has 0 bridgehead atoms. The number of fused-ring (bicyclic) bond motifs is 1. The molecular formula is C19H22N2O2. The van der Waals surface area contributed by atoms with E-state index in [9.17, 15) is 4.79 Å². The van der Waals surface area contributed by atoms with Crippen LogP contribution in [-0.4, -0.2) is 24.0 Å². The molecular weight excluding hydrogens is 288 g/mol. The monoisotopic (exact) mass is 310 g/mol. The molecule has 2 aromatic carbocycles. The van der Waals surface area contributed by atoms with E-state index in [1.807, 2.05) is 74.2 Å². The van der Waals surface area contributed by atoms with Gasteiger partial charge in [0.2, 0.25) is 0 Å². The van der Waals surface area contributed by atoms with Crippen molar-refractivity contribution < 1.29 is 9.53 Å². The molecule has 1 aliphatic heterocycles. The van der Waals surface area contributed by atoms with Crippen LogP contribution in [0.1, 0.15) is 36.7 Å². The van der Waals surface area contributed by atoms with E-state index in [1.54, 1.807) is 0 Å². The third kappa shape index (κ3) is 2.54. The second kappa shape index (κ2) is 5.95. The average Bonchev–Trinajstić information content (AvgIpc) is 2.56. The maximum atomic E-state index is 12.9. The molecule has 1 aliphatic rings. The first-order valence-electron chi connectivity index (χ1n) is 8.02. The van der Waals surface area contributed by atoms with Crippen LogP contribution < -0.4 is 10.1 Å². The fourth-order valence-electron chi connectivity index (χ4n) is 3.20. The van der Waals surface area contributed by atoms with E-state index in [2.05, 4.69) is 5.32 Å². The number of nitrogens with one attached hydrogen (secondary N) is 1. The number of amides is 1. The average molecular weight is 310 g/mol. The molecule has 0 spiro atoms. The van der Waals surface area contributed by atoms with Crippen molar-refractivity contribution in [1.82, 2.24) is 4.90 Å². The first kappa shape index (κ1) is 15.4. The summed E-state index contributed by atoms with van der Waals surface area (Å²) in [5, 5.41) is 3.54. The predicted octanol–water partition coefficient (Wildman–Crippen LogP) is 3.85. The fourth-order valence-corrected chi connectivity index (χ4v) is 3.20. The lowest BCUT2D eigenvalue weighted by atomic mass is 9.93. The molecule has 0 aromatic heterocycles. The molecule has 0 aliphatic carbocycles. The van der Waals surface area contributed by atoms with E-state index in [0.29, 0.717) is 18.7 Å². The van der Waals surface area contributed by atoms with Crippen molar-refractivity contribution in [1.29, 1.82) is 0 Å². The molecule has 120 valence electrons. The third-order valence-corrected chi connectivity index (χ3v) is 4.34. The number of carbonyl (C=O) groups is 1. The summed E-state index contributed by atoms with van der Waals surface area (Å²) < 4.78 is 5.62. The summed E-state index contributed by atoms with van der Waals surface area (Å²) in [5.74, 6) is 0.863. The molecule has 4 nitrogen and oxygen atoms in total. The Bertz CT molecular complexity index is 729. The lowest BCUT2D eigenvalue weighted by Crippen LogP contribution is -2.55. The maximum Gasteiger partial charge on any atom is 0.258 e. The minimum Gasteiger partial charge on any atom is -0.494 e. The van der Waals surface area contributed by atoms with Gasteiger partial charge >= 0.3 is 0 Å². The number of carbonyl (C=O) groups excluding carboxylic acids is 1. The van der Waals surface area contributed by atoms with Crippen molar-refractivity contribution in [3.63, 3.8) is 0 Å². The van der Waals surface area contributed by atoms with Gasteiger partial charge in [0, 0.05) is 17.8 Å². The van der Waals surface area contributed by atoms with Gasteiger partial charge in [0.1, 0.15) is 11.4 Å². The molecule has 0 saturated carbocycles. The zero-order valence-corrected chi connectivity index (χ0v) is 13.8. The largest absolute Gasteiger partial charge is 0.494 e. The molecule has 0 saturated heterocycles. The molecule has 1 atom stereocenters. The Morgan fingerprint density at radius 3 is 2.65 bits per heavy atom. The summed E-state index contributed by atoms with van der Waals surface area (Å²) in [4.78, 5) is 14.8. The molecule has 23 heavy (non-hydrogen) atoms. The van der Waals surface area contributed by atoms with Gasteiger partial charge < -0.3 is 15.0 Å². The molecule has 1 N–H and O–H groups in total. The van der Waals surface area contributed by atoms with Crippen molar-refractivity contribution in [3.8, 4) is 5.75 Å². The van der Waals surface area contributed by atoms with E-state index >= 15 is 0 Å². The van der Waals surface area contributed by atoms with Gasteiger partial charge in [-0.15, -0.1) is 0 Å². The summed E-state index contributed by atoms with van der Waals surface area (Å²) >= 11 is 0. The van der Waals surface area contributed by atoms with Crippen LogP contribution >= 0.6 is 0 Å². The standard InChI is InChI=1S/C19H22N2O2/c1-4-21-18(22)16-11-6-7-12-17(16)20-19(21,3)14-9-8-10-15(13-14)23-5-2/h6-13,20H,4-5H2,1-3H3. The molecule has 0 fully saturated rings. The summed E-state index contributed by atoms with van der Waals surface area (Å²) in [6, 6.07) is 15.6. The van der Waals surface area contributed by atoms with Gasteiger partial charge in [0.25, 0.3) is 5.91 Å². The summed E-state index contributed by atoms with van der Waals surface area (Å²) in [6.07, 6.45) is 0. The van der Waals surface area contributed by atoms with E-state index in [1.165, 1.54) is 0 Å². The van der Waals surface area contributed by atoms with Gasteiger partial charge in [-0.2, -0.15) is 0 Å². The summed E-state index contributed by atoms with van der Waals surface area (Å²) in [6.45, 7) is 7.24. The van der Waals surface area contributed by atoms with Crippen LogP contribution in [-0.2, 0) is 5.66 Å². The quantitative estimate of drug-likeness (QED) is 0.932. The minimum absolute atomic E-state index is 0.0474. The number of ether oxygens (including phenoxy) is 1. The third-order valence-electron chi connectivity index (χ3n) is 4.34. The van der Waals surface area contributed by atoms with Crippen LogP contribution in [0.25, 0.3) is 0 Å². The Morgan fingerprint density at radius 2 is 1.91 bits per heavy atom. The predicted molar refractivity (Wildman–Crippen MR) is 91.7 cm³/mol. The highest BCUT2D eigenvalue weighted by molar-refractivity contribution is 6.02. The van der Waals surface area contributed by atoms with Gasteiger partial charge in [-0.3, -0.25) is 4.79 Å². The van der Waals surface area contributed by atoms with Gasteiger partial charge in [0.15, 0.2) is 0 Å². The molecule has 4 heteroatoms. The number of rotatable bonds is 4. The number of hydrogen-bond acceptors (Lipinski definition) is 3. The molecule has 3 rings (SSSR count). The van der Waals surface area contributed by atoms with Crippen LogP contribution in [0.5, 0.6) is 5.75 Å². The van der Waals surface area contributed by atoms with Crippen LogP contribution in [0, 0.1) is 0 Å². The van der Waals surface area contributed by atoms with Crippen molar-refractivity contribution in [3.05, 3.63) is 59.7 Å². The summed E-state index contributed by atoms with van der Waals surface area (Å²) in [5.41, 5.74) is 1.99. The van der Waals surface area contributed by atoms with E-state index in [-0.39, 0.29) is 5.91 Å². The Balaban J connectivity index is 2.09. The molecule has 1 heterocycles. The Hall–Kier alpha value is -2.49. The lowest BCUT2D eigenvalue weighted by molar-refractivity contribution is 0.0552. The maximum absolute atomic E-state index is 12.9. The highest BCUT2D eigenvalue weighted by Crippen LogP contribution is 2.38. The van der Waals surface area contributed by atoms with Crippen LogP contribution in [0.15, 0.2) is 48.5 Å². The molecule has 0 radical (unpaired) electrons. The highest BCUT2D eigenvalue weighted by atomic mass is 16.5. The number of hydrogen-bond donors (Lipinski definition) is 1. The highest BCUT2D eigenvalue weighted by Gasteiger charge is 2.41. The van der Waals surface area contributed by atoms with E-state index < -0.39 is 5.66 Å². The number of benzene rings is 2. The molecule has 1 unspecified atom stereocenters. The van der Waals surface area contributed by atoms with E-state index in [0.717, 1.165) is 17.0 Å². The van der Waals surface area contributed by atoms with Crippen molar-refractivity contribution in [2.24, 2.45) is 0 Å². The van der Waals surface area contributed by atoms with Gasteiger partial charge in [-0.05, 0) is 45.0 Å². The second-order valence-corrected chi connectivity index (χ2v) is 5.75. The van der Waals surface area contributed by atoms with E-state index in [4.69, 9.17) is 4.74 Å². The number of anilines is 1. The normalized spacial score (nSPS) is 20.0. The topological polar surface area (TPSA) is 41.6 Å². The van der Waals surface area contributed by atoms with Gasteiger partial charge in [0.05, 0.1) is 12.2 Å². The fraction of sp³-hybridized carbons (Fsp3) is 0.316. The van der Waals surface area contributed by atoms with Gasteiger partial charge in [-0.25, -0.2) is 0 Å². The first-order valence-corrected chi connectivity index (χ1v) is 8.02. The number of para-hydroxylation sites is 1. The molecule has 2 aromatic rings. The van der Waals surface area contributed by atoms with Crippen molar-refractivity contribution in [2.45, 2.75) is 26.4 Å². The van der Waals surface area contributed by atoms with Crippen LogP contribution in [0.2, 0.25) is 0 Å². The Labute approximate surface area is 137 Å². The van der Waals surface area contributed by atoms with Crippen LogP contribution in [0.4, 0.5) is 5.69 Å². The van der Waals surface area contributed by atoms with Crippen molar-refractivity contribution in [2.75, 3.05) is 18.5 Å². The summed E-state index contributed by atoms with van der Waals surface area (Å²) in [7, 11) is 0. The smallest absolute Gasteiger partial charge is 0.258 e. The molecule has 1 amide bonds. The first-order chi connectivity index (χ1) is 11.1. The number of nitrogens with zero attached hydrogens (tertiary/aromatic N) is 1. The minimum atomic E-state index is -0.604. The Morgan fingerprint density at radius 1 is 1.13 bits per heavy atom. The zero-order valence-electron chi connectivity index (χ0n) is 13.8. The van der Waals surface area contributed by atoms with Crippen LogP contribution in [0.3, 0.4) is 0 Å². The Kier molecular flexibility index (Phi) is 3.99.